The van der Waals surface area contributed by atoms with E-state index in [9.17, 15) is 13.5 Å². The summed E-state index contributed by atoms with van der Waals surface area (Å²) in [5, 5.41) is 9.79. The number of hydrogen-bond donors (Lipinski definition) is 1. The number of pyridine rings is 1. The third-order valence-corrected chi connectivity index (χ3v) is 7.86. The molecule has 1 aliphatic heterocycles. The summed E-state index contributed by atoms with van der Waals surface area (Å²) in [5.41, 5.74) is 1.80. The summed E-state index contributed by atoms with van der Waals surface area (Å²) >= 11 is 0. The average molecular weight is 486 g/mol. The summed E-state index contributed by atoms with van der Waals surface area (Å²) in [4.78, 5) is 6.44. The van der Waals surface area contributed by atoms with Gasteiger partial charge in [0.05, 0.1) is 6.61 Å². The number of hydrogen-bond acceptors (Lipinski definition) is 6. The number of fused-ring (bicyclic) bond motifs is 1. The Bertz CT molecular complexity index is 1130. The Morgan fingerprint density at radius 3 is 2.71 bits per heavy atom. The molecule has 0 bridgehead atoms. The van der Waals surface area contributed by atoms with Crippen molar-refractivity contribution in [2.75, 3.05) is 26.7 Å². The molecule has 0 spiro atoms. The third-order valence-electron chi connectivity index (χ3n) is 5.84. The van der Waals surface area contributed by atoms with Gasteiger partial charge >= 0.3 is 0 Å². The minimum atomic E-state index is -3.86. The van der Waals surface area contributed by atoms with E-state index in [0.29, 0.717) is 24.4 Å². The van der Waals surface area contributed by atoms with Crippen LogP contribution in [0.1, 0.15) is 38.8 Å². The van der Waals surface area contributed by atoms with E-state index in [1.807, 2.05) is 46.1 Å². The number of ether oxygens (including phenoxy) is 1. The molecule has 0 amide bonds. The van der Waals surface area contributed by atoms with Crippen LogP contribution in [-0.4, -0.2) is 66.6 Å². The van der Waals surface area contributed by atoms with Crippen molar-refractivity contribution in [2.45, 2.75) is 51.3 Å². The van der Waals surface area contributed by atoms with Gasteiger partial charge in [0.1, 0.15) is 16.7 Å². The Morgan fingerprint density at radius 1 is 1.29 bits per heavy atom. The molecule has 0 fully saturated rings. The summed E-state index contributed by atoms with van der Waals surface area (Å²) in [7, 11) is -1.85. The van der Waals surface area contributed by atoms with E-state index in [0.717, 1.165) is 5.56 Å². The smallest absolute Gasteiger partial charge is 0.247 e. The predicted octanol–water partition coefficient (Wildman–Crippen LogP) is 2.99. The van der Waals surface area contributed by atoms with Crippen LogP contribution >= 0.6 is 0 Å². The van der Waals surface area contributed by atoms with Crippen LogP contribution in [0.4, 0.5) is 0 Å². The van der Waals surface area contributed by atoms with E-state index in [1.165, 1.54) is 4.31 Å². The minimum absolute atomic E-state index is 0.106. The fourth-order valence-corrected chi connectivity index (χ4v) is 5.75. The van der Waals surface area contributed by atoms with Crippen LogP contribution < -0.4 is 4.74 Å². The van der Waals surface area contributed by atoms with Gasteiger partial charge in [0.15, 0.2) is 0 Å². The average Bonchev–Trinajstić information content (AvgIpc) is 2.80. The highest BCUT2D eigenvalue weighted by Gasteiger charge is 2.38. The molecule has 1 aromatic carbocycles. The molecule has 34 heavy (non-hydrogen) atoms. The summed E-state index contributed by atoms with van der Waals surface area (Å²) in [6.07, 6.45) is 3.32. The molecule has 0 saturated heterocycles. The topological polar surface area (TPSA) is 83.0 Å². The van der Waals surface area contributed by atoms with Crippen LogP contribution in [0.5, 0.6) is 5.75 Å². The fraction of sp³-hybridized carbons (Fsp3) is 0.500. The maximum Gasteiger partial charge on any atom is 0.247 e. The standard InChI is InChI=1S/C26H35N3O4S/c1-19(2)8-9-22-10-11-26-24(13-22)33-25(17-28(5)16-23-7-6-12-27-14-23)20(3)15-29(21(4)18-30)34(26,31)32/h6-7,10-14,19-21,25,30H,15-18H2,1-5H3/t20-,21-,25+/m0/s1. The van der Waals surface area contributed by atoms with Crippen LogP contribution in [0.2, 0.25) is 0 Å². The minimum Gasteiger partial charge on any atom is -0.487 e. The quantitative estimate of drug-likeness (QED) is 0.634. The number of aliphatic hydroxyl groups is 1. The summed E-state index contributed by atoms with van der Waals surface area (Å²) in [6.45, 7) is 9.01. The molecule has 1 N–H and O–H groups in total. The monoisotopic (exact) mass is 485 g/mol. The van der Waals surface area contributed by atoms with Gasteiger partial charge in [-0.1, -0.05) is 38.7 Å². The highest BCUT2D eigenvalue weighted by molar-refractivity contribution is 7.89. The number of benzene rings is 1. The normalized spacial score (nSPS) is 21.1. The molecule has 7 nitrogen and oxygen atoms in total. The Balaban J connectivity index is 1.99. The molecule has 2 heterocycles. The largest absolute Gasteiger partial charge is 0.487 e. The predicted molar refractivity (Wildman–Crippen MR) is 133 cm³/mol. The number of rotatable bonds is 6. The molecular weight excluding hydrogens is 450 g/mol. The Morgan fingerprint density at radius 2 is 2.06 bits per heavy atom. The zero-order chi connectivity index (χ0) is 24.9. The van der Waals surface area contributed by atoms with Crippen molar-refractivity contribution in [2.24, 2.45) is 11.8 Å². The highest BCUT2D eigenvalue weighted by atomic mass is 32.2. The number of nitrogens with zero attached hydrogens (tertiary/aromatic N) is 3. The number of aliphatic hydroxyl groups excluding tert-OH is 1. The lowest BCUT2D eigenvalue weighted by molar-refractivity contribution is 0.0733. The van der Waals surface area contributed by atoms with Crippen molar-refractivity contribution in [3.05, 3.63) is 53.9 Å². The summed E-state index contributed by atoms with van der Waals surface area (Å²) in [6, 6.07) is 8.39. The summed E-state index contributed by atoms with van der Waals surface area (Å²) in [5.74, 6) is 6.61. The van der Waals surface area contributed by atoms with E-state index < -0.39 is 16.1 Å². The Kier molecular flexibility index (Phi) is 8.72. The zero-order valence-corrected chi connectivity index (χ0v) is 21.4. The molecular formula is C26H35N3O4S. The van der Waals surface area contributed by atoms with E-state index in [1.54, 1.807) is 31.3 Å². The second-order valence-electron chi connectivity index (χ2n) is 9.38. The van der Waals surface area contributed by atoms with Gasteiger partial charge < -0.3 is 9.84 Å². The maximum absolute atomic E-state index is 13.6. The van der Waals surface area contributed by atoms with Crippen LogP contribution in [-0.2, 0) is 16.6 Å². The van der Waals surface area contributed by atoms with Crippen molar-refractivity contribution in [1.29, 1.82) is 0 Å². The van der Waals surface area contributed by atoms with Crippen molar-refractivity contribution in [1.82, 2.24) is 14.2 Å². The van der Waals surface area contributed by atoms with Crippen molar-refractivity contribution >= 4 is 10.0 Å². The van der Waals surface area contributed by atoms with Crippen LogP contribution in [0.25, 0.3) is 0 Å². The molecule has 0 radical (unpaired) electrons. The van der Waals surface area contributed by atoms with Gasteiger partial charge in [0, 0.05) is 55.5 Å². The van der Waals surface area contributed by atoms with Gasteiger partial charge in [-0.15, -0.1) is 0 Å². The first-order chi connectivity index (χ1) is 16.1. The second-order valence-corrected chi connectivity index (χ2v) is 11.2. The molecule has 8 heteroatoms. The van der Waals surface area contributed by atoms with E-state index in [-0.39, 0.29) is 36.0 Å². The Hall–Kier alpha value is -2.44. The van der Waals surface area contributed by atoms with Gasteiger partial charge in [-0.2, -0.15) is 4.31 Å². The fourth-order valence-electron chi connectivity index (χ4n) is 3.92. The third kappa shape index (κ3) is 6.36. The first-order valence-electron chi connectivity index (χ1n) is 11.6. The Labute approximate surface area is 203 Å². The molecule has 184 valence electrons. The van der Waals surface area contributed by atoms with Crippen molar-refractivity contribution in [3.8, 4) is 17.6 Å². The van der Waals surface area contributed by atoms with Crippen molar-refractivity contribution in [3.63, 3.8) is 0 Å². The van der Waals surface area contributed by atoms with E-state index >= 15 is 0 Å². The molecule has 3 atom stereocenters. The molecule has 2 aromatic rings. The van der Waals surface area contributed by atoms with Gasteiger partial charge in [-0.05, 0) is 43.8 Å². The maximum atomic E-state index is 13.6. The lowest BCUT2D eigenvalue weighted by Gasteiger charge is -2.37. The van der Waals surface area contributed by atoms with E-state index in [4.69, 9.17) is 4.74 Å². The summed E-state index contributed by atoms with van der Waals surface area (Å²) < 4.78 is 34.9. The first kappa shape index (κ1) is 26.2. The van der Waals surface area contributed by atoms with Crippen LogP contribution in [0, 0.1) is 23.7 Å². The van der Waals surface area contributed by atoms with Crippen molar-refractivity contribution < 1.29 is 18.3 Å². The number of sulfonamides is 1. The van der Waals surface area contributed by atoms with Gasteiger partial charge in [-0.3, -0.25) is 9.88 Å². The number of likely N-dealkylation sites (N-methyl/N-ethyl adjacent to an activating group) is 1. The zero-order valence-electron chi connectivity index (χ0n) is 20.6. The second kappa shape index (κ2) is 11.3. The molecule has 0 saturated carbocycles. The SMILES string of the molecule is CC(C)C#Cc1ccc2c(c1)O[C@H](CN(C)Cc1cccnc1)[C@@H](C)CN([C@@H](C)CO)S2(=O)=O. The number of aromatic nitrogens is 1. The lowest BCUT2D eigenvalue weighted by Crippen LogP contribution is -2.49. The molecule has 0 aliphatic carbocycles. The molecule has 0 unspecified atom stereocenters. The lowest BCUT2D eigenvalue weighted by atomic mass is 10.0. The van der Waals surface area contributed by atoms with Gasteiger partial charge in [-0.25, -0.2) is 8.42 Å². The highest BCUT2D eigenvalue weighted by Crippen LogP contribution is 2.34. The molecule has 1 aromatic heterocycles. The van der Waals surface area contributed by atoms with Gasteiger partial charge in [0.25, 0.3) is 0 Å². The van der Waals surface area contributed by atoms with Crippen LogP contribution in [0.15, 0.2) is 47.6 Å². The molecule has 1 aliphatic rings. The first-order valence-corrected chi connectivity index (χ1v) is 13.1. The van der Waals surface area contributed by atoms with Gasteiger partial charge in [0.2, 0.25) is 10.0 Å². The van der Waals surface area contributed by atoms with Crippen LogP contribution in [0.3, 0.4) is 0 Å². The van der Waals surface area contributed by atoms with E-state index in [2.05, 4.69) is 21.7 Å². The molecule has 3 rings (SSSR count).